The normalized spacial score (nSPS) is 23.5. The van der Waals surface area contributed by atoms with Crippen LogP contribution >= 0.6 is 0 Å². The van der Waals surface area contributed by atoms with Gasteiger partial charge in [-0.15, -0.1) is 0 Å². The summed E-state index contributed by atoms with van der Waals surface area (Å²) in [4.78, 5) is 0. The maximum Gasteiger partial charge on any atom is 0.151 e. The van der Waals surface area contributed by atoms with Crippen molar-refractivity contribution >= 4 is 9.84 Å². The summed E-state index contributed by atoms with van der Waals surface area (Å²) < 4.78 is 28.7. The van der Waals surface area contributed by atoms with Crippen LogP contribution in [0.25, 0.3) is 0 Å². The van der Waals surface area contributed by atoms with Gasteiger partial charge in [0.05, 0.1) is 12.4 Å². The zero-order valence-corrected chi connectivity index (χ0v) is 12.2. The van der Waals surface area contributed by atoms with Gasteiger partial charge in [0.25, 0.3) is 0 Å². The lowest BCUT2D eigenvalue weighted by atomic mass is 10.1. The first-order valence-electron chi connectivity index (χ1n) is 6.56. The molecular weight excluding hydrogens is 262 g/mol. The van der Waals surface area contributed by atoms with Crippen molar-refractivity contribution in [1.29, 1.82) is 0 Å². The first kappa shape index (κ1) is 14.3. The smallest absolute Gasteiger partial charge is 0.151 e. The standard InChI is InChI=1S/C14H21NO3S/c1-18-13-8-4-3-6-11(13)10-15-12-7-5-9-14(12)19(2,16)17/h3-4,6,8,12,14-15H,5,7,9-10H2,1-2H3. The molecule has 0 spiro atoms. The highest BCUT2D eigenvalue weighted by Crippen LogP contribution is 2.26. The highest BCUT2D eigenvalue weighted by atomic mass is 32.2. The molecule has 1 fully saturated rings. The molecule has 2 unspecified atom stereocenters. The molecule has 0 aromatic heterocycles. The Morgan fingerprint density at radius 3 is 2.74 bits per heavy atom. The molecule has 0 saturated heterocycles. The van der Waals surface area contributed by atoms with Crippen LogP contribution < -0.4 is 10.1 Å². The summed E-state index contributed by atoms with van der Waals surface area (Å²) in [5, 5.41) is 3.12. The van der Waals surface area contributed by atoms with Crippen LogP contribution in [-0.2, 0) is 16.4 Å². The summed E-state index contributed by atoms with van der Waals surface area (Å²) >= 11 is 0. The largest absolute Gasteiger partial charge is 0.496 e. The van der Waals surface area contributed by atoms with Gasteiger partial charge in [-0.2, -0.15) is 0 Å². The molecule has 0 radical (unpaired) electrons. The van der Waals surface area contributed by atoms with Crippen molar-refractivity contribution in [3.8, 4) is 5.75 Å². The average Bonchev–Trinajstić information content (AvgIpc) is 2.85. The molecule has 1 saturated carbocycles. The number of nitrogens with one attached hydrogen (secondary N) is 1. The van der Waals surface area contributed by atoms with Crippen molar-refractivity contribution in [3.05, 3.63) is 29.8 Å². The monoisotopic (exact) mass is 283 g/mol. The van der Waals surface area contributed by atoms with Crippen LogP contribution in [0.4, 0.5) is 0 Å². The molecule has 1 aliphatic carbocycles. The van der Waals surface area contributed by atoms with E-state index in [1.165, 1.54) is 6.26 Å². The van der Waals surface area contributed by atoms with E-state index in [1.807, 2.05) is 24.3 Å². The van der Waals surface area contributed by atoms with Crippen molar-refractivity contribution in [2.75, 3.05) is 13.4 Å². The van der Waals surface area contributed by atoms with E-state index >= 15 is 0 Å². The van der Waals surface area contributed by atoms with E-state index in [1.54, 1.807) is 7.11 Å². The number of ether oxygens (including phenoxy) is 1. The van der Waals surface area contributed by atoms with E-state index in [9.17, 15) is 8.42 Å². The lowest BCUT2D eigenvalue weighted by Crippen LogP contribution is -2.39. The molecule has 2 atom stereocenters. The van der Waals surface area contributed by atoms with Gasteiger partial charge in [0, 0.05) is 24.4 Å². The molecule has 0 aliphatic heterocycles. The summed E-state index contributed by atoms with van der Waals surface area (Å²) in [5.74, 6) is 0.837. The maximum absolute atomic E-state index is 11.7. The molecule has 0 bridgehead atoms. The second kappa shape index (κ2) is 5.92. The van der Waals surface area contributed by atoms with E-state index in [2.05, 4.69) is 5.32 Å². The second-order valence-corrected chi connectivity index (χ2v) is 7.36. The molecule has 0 heterocycles. The summed E-state index contributed by atoms with van der Waals surface area (Å²) in [6.45, 7) is 0.640. The first-order chi connectivity index (χ1) is 9.02. The van der Waals surface area contributed by atoms with Gasteiger partial charge in [-0.3, -0.25) is 0 Å². The van der Waals surface area contributed by atoms with Crippen molar-refractivity contribution < 1.29 is 13.2 Å². The van der Waals surface area contributed by atoms with Crippen LogP contribution in [0.1, 0.15) is 24.8 Å². The van der Waals surface area contributed by atoms with Crippen LogP contribution in [0.5, 0.6) is 5.75 Å². The number of hydrogen-bond donors (Lipinski definition) is 1. The van der Waals surface area contributed by atoms with Gasteiger partial charge in [0.15, 0.2) is 9.84 Å². The molecule has 1 N–H and O–H groups in total. The van der Waals surface area contributed by atoms with Gasteiger partial charge in [0.1, 0.15) is 5.75 Å². The highest BCUT2D eigenvalue weighted by molar-refractivity contribution is 7.91. The van der Waals surface area contributed by atoms with Gasteiger partial charge in [0.2, 0.25) is 0 Å². The summed E-state index contributed by atoms with van der Waals surface area (Å²) in [7, 11) is -1.32. The van der Waals surface area contributed by atoms with Gasteiger partial charge < -0.3 is 10.1 Å². The third-order valence-corrected chi connectivity index (χ3v) is 5.41. The van der Waals surface area contributed by atoms with Crippen LogP contribution in [0.2, 0.25) is 0 Å². The van der Waals surface area contributed by atoms with E-state index < -0.39 is 9.84 Å². The highest BCUT2D eigenvalue weighted by Gasteiger charge is 2.34. The lowest BCUT2D eigenvalue weighted by Gasteiger charge is -2.20. The third-order valence-electron chi connectivity index (χ3n) is 3.75. The van der Waals surface area contributed by atoms with E-state index in [-0.39, 0.29) is 11.3 Å². The van der Waals surface area contributed by atoms with Crippen LogP contribution in [-0.4, -0.2) is 33.1 Å². The molecular formula is C14H21NO3S. The Morgan fingerprint density at radius 2 is 2.05 bits per heavy atom. The lowest BCUT2D eigenvalue weighted by molar-refractivity contribution is 0.405. The van der Waals surface area contributed by atoms with Crippen molar-refractivity contribution in [2.45, 2.75) is 37.1 Å². The van der Waals surface area contributed by atoms with Crippen LogP contribution in [0.15, 0.2) is 24.3 Å². The molecule has 1 aliphatic rings. The van der Waals surface area contributed by atoms with Crippen molar-refractivity contribution in [2.24, 2.45) is 0 Å². The molecule has 4 nitrogen and oxygen atoms in total. The zero-order chi connectivity index (χ0) is 13.9. The van der Waals surface area contributed by atoms with E-state index in [4.69, 9.17) is 4.74 Å². The van der Waals surface area contributed by atoms with Crippen molar-refractivity contribution in [1.82, 2.24) is 5.32 Å². The van der Waals surface area contributed by atoms with Gasteiger partial charge in [-0.05, 0) is 18.9 Å². The minimum atomic E-state index is -2.97. The zero-order valence-electron chi connectivity index (χ0n) is 11.4. The first-order valence-corrected chi connectivity index (χ1v) is 8.52. The minimum Gasteiger partial charge on any atom is -0.496 e. The molecule has 19 heavy (non-hydrogen) atoms. The molecule has 2 rings (SSSR count). The minimum absolute atomic E-state index is 0.0555. The number of para-hydroxylation sites is 1. The van der Waals surface area contributed by atoms with Gasteiger partial charge in [-0.1, -0.05) is 24.6 Å². The Morgan fingerprint density at radius 1 is 1.32 bits per heavy atom. The Bertz CT molecular complexity index is 527. The summed E-state index contributed by atoms with van der Waals surface area (Å²) in [6, 6.07) is 7.86. The van der Waals surface area contributed by atoms with E-state index in [0.29, 0.717) is 6.54 Å². The maximum atomic E-state index is 11.7. The number of hydrogen-bond acceptors (Lipinski definition) is 4. The predicted molar refractivity (Wildman–Crippen MR) is 76.1 cm³/mol. The van der Waals surface area contributed by atoms with Crippen molar-refractivity contribution in [3.63, 3.8) is 0 Å². The fourth-order valence-corrected chi connectivity index (χ4v) is 4.19. The number of rotatable bonds is 5. The second-order valence-electron chi connectivity index (χ2n) is 5.10. The topological polar surface area (TPSA) is 55.4 Å². The number of sulfone groups is 1. The predicted octanol–water partition coefficient (Wildman–Crippen LogP) is 1.75. The molecule has 5 heteroatoms. The third kappa shape index (κ3) is 3.48. The fourth-order valence-electron chi connectivity index (χ4n) is 2.76. The number of benzene rings is 1. The Labute approximate surface area is 115 Å². The summed E-state index contributed by atoms with van der Waals surface area (Å²) in [6.07, 6.45) is 4.00. The van der Waals surface area contributed by atoms with Gasteiger partial charge in [-0.25, -0.2) is 8.42 Å². The number of methoxy groups -OCH3 is 1. The molecule has 1 aromatic rings. The quantitative estimate of drug-likeness (QED) is 0.894. The Kier molecular flexibility index (Phi) is 4.47. The fraction of sp³-hybridized carbons (Fsp3) is 0.571. The molecule has 1 aromatic carbocycles. The molecule has 106 valence electrons. The van der Waals surface area contributed by atoms with E-state index in [0.717, 1.165) is 30.6 Å². The Hall–Kier alpha value is -1.07. The average molecular weight is 283 g/mol. The SMILES string of the molecule is COc1ccccc1CNC1CCCC1S(C)(=O)=O. The van der Waals surface area contributed by atoms with Crippen LogP contribution in [0.3, 0.4) is 0 Å². The Balaban J connectivity index is 2.02. The molecule has 0 amide bonds. The van der Waals surface area contributed by atoms with Crippen LogP contribution in [0, 0.1) is 0 Å². The summed E-state index contributed by atoms with van der Waals surface area (Å²) in [5.41, 5.74) is 1.06. The van der Waals surface area contributed by atoms with Gasteiger partial charge >= 0.3 is 0 Å².